The van der Waals surface area contributed by atoms with Crippen LogP contribution in [0.1, 0.15) is 13.8 Å². The Balaban J connectivity index is 3.89. The summed E-state index contributed by atoms with van der Waals surface area (Å²) in [5.41, 5.74) is 0. The molecule has 0 saturated carbocycles. The van der Waals surface area contributed by atoms with Crippen molar-refractivity contribution in [3.8, 4) is 0 Å². The van der Waals surface area contributed by atoms with Crippen LogP contribution in [0.5, 0.6) is 0 Å². The van der Waals surface area contributed by atoms with Gasteiger partial charge in [-0.1, -0.05) is 0 Å². The van der Waals surface area contributed by atoms with Crippen molar-refractivity contribution in [2.75, 3.05) is 33.7 Å². The van der Waals surface area contributed by atoms with Gasteiger partial charge in [-0.3, -0.25) is 4.79 Å². The Morgan fingerprint density at radius 3 is 2.00 bits per heavy atom. The van der Waals surface area contributed by atoms with Crippen LogP contribution in [0.15, 0.2) is 0 Å². The van der Waals surface area contributed by atoms with Crippen LogP contribution in [-0.2, 0) is 4.79 Å². The Kier molecular flexibility index (Phi) is 5.67. The average Bonchev–Trinajstić information content (AvgIpc) is 2.15. The van der Waals surface area contributed by atoms with E-state index in [1.54, 1.807) is 19.0 Å². The van der Waals surface area contributed by atoms with Crippen molar-refractivity contribution in [3.63, 3.8) is 0 Å². The first kappa shape index (κ1) is 12.7. The maximum atomic E-state index is 11.4. The molecule has 0 fully saturated rings. The van der Waals surface area contributed by atoms with Crippen LogP contribution in [0.3, 0.4) is 0 Å². The molecule has 0 radical (unpaired) electrons. The van der Waals surface area contributed by atoms with Crippen LogP contribution < -0.4 is 5.32 Å². The van der Waals surface area contributed by atoms with E-state index < -0.39 is 0 Å². The van der Waals surface area contributed by atoms with E-state index in [2.05, 4.69) is 5.32 Å². The van der Waals surface area contributed by atoms with E-state index in [4.69, 9.17) is 0 Å². The molecule has 0 aromatic heterocycles. The number of rotatable bonds is 4. The molecule has 0 aliphatic carbocycles. The van der Waals surface area contributed by atoms with Crippen molar-refractivity contribution >= 4 is 11.9 Å². The van der Waals surface area contributed by atoms with Crippen molar-refractivity contribution in [1.82, 2.24) is 15.1 Å². The lowest BCUT2D eigenvalue weighted by atomic mass is 10.4. The number of likely N-dealkylation sites (N-methyl/N-ethyl adjacent to an activating group) is 1. The molecule has 14 heavy (non-hydrogen) atoms. The second kappa shape index (κ2) is 6.23. The Hall–Kier alpha value is -1.26. The Morgan fingerprint density at radius 1 is 1.14 bits per heavy atom. The monoisotopic (exact) mass is 201 g/mol. The fraction of sp³-hybridized carbons (Fsp3) is 0.778. The zero-order valence-corrected chi connectivity index (χ0v) is 9.33. The van der Waals surface area contributed by atoms with Gasteiger partial charge in [-0.15, -0.1) is 0 Å². The summed E-state index contributed by atoms with van der Waals surface area (Å²) in [5.74, 6) is -0.0507. The summed E-state index contributed by atoms with van der Waals surface area (Å²) in [6.45, 7) is 5.24. The number of hydrogen-bond donors (Lipinski definition) is 1. The molecule has 0 atom stereocenters. The minimum atomic E-state index is -0.245. The molecule has 0 aliphatic heterocycles. The van der Waals surface area contributed by atoms with Gasteiger partial charge in [0.25, 0.3) is 0 Å². The molecule has 3 amide bonds. The predicted octanol–water partition coefficient (Wildman–Crippen LogP) is 0.126. The van der Waals surface area contributed by atoms with Crippen LogP contribution in [0, 0.1) is 0 Å². The van der Waals surface area contributed by atoms with Crippen LogP contribution in [0.4, 0.5) is 4.79 Å². The van der Waals surface area contributed by atoms with E-state index in [1.165, 1.54) is 4.90 Å². The number of carbonyl (C=O) groups is 2. The maximum Gasteiger partial charge on any atom is 0.317 e. The summed E-state index contributed by atoms with van der Waals surface area (Å²) in [6.07, 6.45) is 0. The average molecular weight is 201 g/mol. The molecule has 0 spiro atoms. The van der Waals surface area contributed by atoms with Gasteiger partial charge in [0.2, 0.25) is 5.91 Å². The number of carbonyl (C=O) groups excluding carboxylic acids is 2. The van der Waals surface area contributed by atoms with Crippen LogP contribution in [0.2, 0.25) is 0 Å². The van der Waals surface area contributed by atoms with Gasteiger partial charge in [0.05, 0.1) is 6.54 Å². The number of nitrogens with one attached hydrogen (secondary N) is 1. The van der Waals surface area contributed by atoms with Crippen molar-refractivity contribution in [2.45, 2.75) is 13.8 Å². The molecule has 1 N–H and O–H groups in total. The third-order valence-electron chi connectivity index (χ3n) is 1.91. The van der Waals surface area contributed by atoms with Crippen molar-refractivity contribution < 1.29 is 9.59 Å². The molecule has 0 unspecified atom stereocenters. The maximum absolute atomic E-state index is 11.4. The van der Waals surface area contributed by atoms with Crippen molar-refractivity contribution in [1.29, 1.82) is 0 Å². The van der Waals surface area contributed by atoms with Gasteiger partial charge in [-0.2, -0.15) is 0 Å². The Labute approximate surface area is 85.1 Å². The van der Waals surface area contributed by atoms with E-state index in [1.807, 2.05) is 13.8 Å². The predicted molar refractivity (Wildman–Crippen MR) is 55.0 cm³/mol. The second-order valence-electron chi connectivity index (χ2n) is 3.12. The summed E-state index contributed by atoms with van der Waals surface area (Å²) >= 11 is 0. The largest absolute Gasteiger partial charge is 0.342 e. The third kappa shape index (κ3) is 4.11. The van der Waals surface area contributed by atoms with Gasteiger partial charge >= 0.3 is 6.03 Å². The molecular formula is C9H19N3O2. The minimum absolute atomic E-state index is 0.0507. The number of nitrogens with zero attached hydrogens (tertiary/aromatic N) is 2. The summed E-state index contributed by atoms with van der Waals surface area (Å²) < 4.78 is 0. The smallest absolute Gasteiger partial charge is 0.317 e. The lowest BCUT2D eigenvalue weighted by Crippen LogP contribution is -2.43. The summed E-state index contributed by atoms with van der Waals surface area (Å²) in [5, 5.41) is 2.53. The highest BCUT2D eigenvalue weighted by Gasteiger charge is 2.11. The minimum Gasteiger partial charge on any atom is -0.342 e. The summed E-state index contributed by atoms with van der Waals surface area (Å²) in [4.78, 5) is 25.6. The molecule has 82 valence electrons. The van der Waals surface area contributed by atoms with Crippen molar-refractivity contribution in [3.05, 3.63) is 0 Å². The molecule has 0 aromatic carbocycles. The molecule has 5 nitrogen and oxygen atoms in total. The number of amides is 3. The van der Waals surface area contributed by atoms with E-state index >= 15 is 0 Å². The summed E-state index contributed by atoms with van der Waals surface area (Å²) in [6, 6.07) is -0.245. The fourth-order valence-electron chi connectivity index (χ4n) is 0.997. The first-order chi connectivity index (χ1) is 6.52. The van der Waals surface area contributed by atoms with Crippen molar-refractivity contribution in [2.24, 2.45) is 0 Å². The Bertz CT molecular complexity index is 200. The highest BCUT2D eigenvalue weighted by molar-refractivity contribution is 5.83. The van der Waals surface area contributed by atoms with E-state index in [-0.39, 0.29) is 18.5 Å². The fourth-order valence-corrected chi connectivity index (χ4v) is 0.997. The second-order valence-corrected chi connectivity index (χ2v) is 3.12. The van der Waals surface area contributed by atoms with Gasteiger partial charge in [0.1, 0.15) is 0 Å². The zero-order chi connectivity index (χ0) is 11.1. The molecule has 0 saturated heterocycles. The molecule has 0 aliphatic rings. The van der Waals surface area contributed by atoms with Gasteiger partial charge in [0, 0.05) is 27.2 Å². The van der Waals surface area contributed by atoms with E-state index in [9.17, 15) is 9.59 Å². The first-order valence-corrected chi connectivity index (χ1v) is 4.75. The Morgan fingerprint density at radius 2 is 1.64 bits per heavy atom. The van der Waals surface area contributed by atoms with Gasteiger partial charge < -0.3 is 15.1 Å². The number of hydrogen-bond acceptors (Lipinski definition) is 2. The quantitative estimate of drug-likeness (QED) is 0.702. The molecule has 5 heteroatoms. The molecule has 0 bridgehead atoms. The molecule has 0 aromatic rings. The van der Waals surface area contributed by atoms with Crippen LogP contribution in [-0.4, -0.2) is 55.5 Å². The topological polar surface area (TPSA) is 52.7 Å². The third-order valence-corrected chi connectivity index (χ3v) is 1.91. The van der Waals surface area contributed by atoms with Gasteiger partial charge in [0.15, 0.2) is 0 Å². The first-order valence-electron chi connectivity index (χ1n) is 4.75. The van der Waals surface area contributed by atoms with Gasteiger partial charge in [-0.25, -0.2) is 4.79 Å². The zero-order valence-electron chi connectivity index (χ0n) is 9.33. The lowest BCUT2D eigenvalue weighted by molar-refractivity contribution is -0.129. The lowest BCUT2D eigenvalue weighted by Gasteiger charge is -2.19. The molecule has 0 rings (SSSR count). The highest BCUT2D eigenvalue weighted by Crippen LogP contribution is 1.87. The number of urea groups is 1. The van der Waals surface area contributed by atoms with Crippen LogP contribution >= 0.6 is 0 Å². The standard InChI is InChI=1S/C9H19N3O2/c1-5-12(6-2)8(13)7-10-9(14)11(3)4/h5-7H2,1-4H3,(H,10,14). The normalized spacial score (nSPS) is 9.43. The molecular weight excluding hydrogens is 182 g/mol. The SMILES string of the molecule is CCN(CC)C(=O)CNC(=O)N(C)C. The summed E-state index contributed by atoms with van der Waals surface area (Å²) in [7, 11) is 3.27. The van der Waals surface area contributed by atoms with Gasteiger partial charge in [-0.05, 0) is 13.8 Å². The highest BCUT2D eigenvalue weighted by atomic mass is 16.2. The molecule has 0 heterocycles. The van der Waals surface area contributed by atoms with E-state index in [0.717, 1.165) is 0 Å². The van der Waals surface area contributed by atoms with Crippen LogP contribution in [0.25, 0.3) is 0 Å². The van der Waals surface area contributed by atoms with E-state index in [0.29, 0.717) is 13.1 Å².